The van der Waals surface area contributed by atoms with Crippen LogP contribution in [0.2, 0.25) is 0 Å². The molecule has 0 spiro atoms. The monoisotopic (exact) mass is 415 g/mol. The Balaban J connectivity index is 2.05. The number of anilines is 2. The zero-order chi connectivity index (χ0) is 21.2. The molecule has 0 aromatic heterocycles. The molecule has 0 radical (unpaired) electrons. The number of rotatable bonds is 6. The van der Waals surface area contributed by atoms with Crippen LogP contribution in [0.25, 0.3) is 0 Å². The smallest absolute Gasteiger partial charge is 0.343 e. The standard InChI is InChI=1S/C21H25N3O4S/c1-4-15(3)22-20(25)14-23-18-8-6-7-9-19(18)29(27,28)24(21(23)26)17-12-10-16(5-2)11-13-17/h6-13,15H,4-5,14H2,1-3H3,(H,22,25). The lowest BCUT2D eigenvalue weighted by Gasteiger charge is -2.36. The molecular formula is C21H25N3O4S. The van der Waals surface area contributed by atoms with E-state index in [0.717, 1.165) is 22.7 Å². The van der Waals surface area contributed by atoms with Crippen LogP contribution >= 0.6 is 0 Å². The van der Waals surface area contributed by atoms with Gasteiger partial charge in [0.15, 0.2) is 0 Å². The van der Waals surface area contributed by atoms with Gasteiger partial charge in [0.25, 0.3) is 10.0 Å². The van der Waals surface area contributed by atoms with Crippen LogP contribution in [-0.2, 0) is 21.2 Å². The predicted octanol–water partition coefficient (Wildman–Crippen LogP) is 3.30. The van der Waals surface area contributed by atoms with Crippen LogP contribution in [0.4, 0.5) is 16.2 Å². The second kappa shape index (κ2) is 8.24. The SMILES string of the molecule is CCc1ccc(N2C(=O)N(CC(=O)NC(C)CC)c3ccccc3S2(=O)=O)cc1. The summed E-state index contributed by atoms with van der Waals surface area (Å²) >= 11 is 0. The van der Waals surface area contributed by atoms with Crippen molar-refractivity contribution in [2.75, 3.05) is 15.7 Å². The van der Waals surface area contributed by atoms with Gasteiger partial charge in [-0.3, -0.25) is 9.69 Å². The Morgan fingerprint density at radius 2 is 1.72 bits per heavy atom. The Morgan fingerprint density at radius 3 is 2.34 bits per heavy atom. The maximum Gasteiger partial charge on any atom is 0.343 e. The van der Waals surface area contributed by atoms with Crippen molar-refractivity contribution in [2.24, 2.45) is 0 Å². The zero-order valence-corrected chi connectivity index (χ0v) is 17.6. The first-order valence-electron chi connectivity index (χ1n) is 9.63. The Morgan fingerprint density at radius 1 is 1.07 bits per heavy atom. The minimum absolute atomic E-state index is 0.00416. The maximum absolute atomic E-state index is 13.2. The first-order valence-corrected chi connectivity index (χ1v) is 11.1. The average Bonchev–Trinajstić information content (AvgIpc) is 2.71. The summed E-state index contributed by atoms with van der Waals surface area (Å²) in [7, 11) is -4.09. The number of aryl methyl sites for hydroxylation is 1. The van der Waals surface area contributed by atoms with Gasteiger partial charge in [-0.15, -0.1) is 0 Å². The fourth-order valence-corrected chi connectivity index (χ4v) is 4.74. The van der Waals surface area contributed by atoms with Gasteiger partial charge in [0.2, 0.25) is 5.91 Å². The van der Waals surface area contributed by atoms with Gasteiger partial charge in [0.1, 0.15) is 11.4 Å². The lowest BCUT2D eigenvalue weighted by molar-refractivity contribution is -0.120. The van der Waals surface area contributed by atoms with Crippen molar-refractivity contribution in [3.8, 4) is 0 Å². The number of carbonyl (C=O) groups is 2. The largest absolute Gasteiger partial charge is 0.352 e. The highest BCUT2D eigenvalue weighted by Gasteiger charge is 2.43. The number of nitrogens with zero attached hydrogens (tertiary/aromatic N) is 2. The van der Waals surface area contributed by atoms with E-state index in [2.05, 4.69) is 5.32 Å². The van der Waals surface area contributed by atoms with Gasteiger partial charge in [0.05, 0.1) is 11.4 Å². The molecule has 1 atom stereocenters. The minimum atomic E-state index is -4.09. The highest BCUT2D eigenvalue weighted by atomic mass is 32.2. The van der Waals surface area contributed by atoms with E-state index >= 15 is 0 Å². The number of amides is 3. The van der Waals surface area contributed by atoms with Crippen molar-refractivity contribution in [3.05, 3.63) is 54.1 Å². The van der Waals surface area contributed by atoms with Gasteiger partial charge < -0.3 is 5.32 Å². The van der Waals surface area contributed by atoms with E-state index in [1.165, 1.54) is 11.0 Å². The van der Waals surface area contributed by atoms with Crippen molar-refractivity contribution in [3.63, 3.8) is 0 Å². The summed E-state index contributed by atoms with van der Waals surface area (Å²) < 4.78 is 27.2. The number of hydrogen-bond donors (Lipinski definition) is 1. The number of hydrogen-bond acceptors (Lipinski definition) is 4. The molecule has 3 rings (SSSR count). The molecule has 7 nitrogen and oxygen atoms in total. The number of para-hydroxylation sites is 1. The number of urea groups is 1. The molecule has 2 aromatic carbocycles. The molecule has 154 valence electrons. The van der Waals surface area contributed by atoms with Crippen LogP contribution in [0.3, 0.4) is 0 Å². The number of benzene rings is 2. The molecule has 1 aliphatic heterocycles. The Bertz CT molecular complexity index is 1020. The lowest BCUT2D eigenvalue weighted by atomic mass is 10.1. The highest BCUT2D eigenvalue weighted by molar-refractivity contribution is 7.94. The molecule has 0 saturated heterocycles. The van der Waals surface area contributed by atoms with Crippen LogP contribution in [0, 0.1) is 0 Å². The van der Waals surface area contributed by atoms with Crippen molar-refractivity contribution in [1.29, 1.82) is 0 Å². The fourth-order valence-electron chi connectivity index (χ4n) is 3.15. The summed E-state index contributed by atoms with van der Waals surface area (Å²) in [4.78, 5) is 26.9. The van der Waals surface area contributed by atoms with Gasteiger partial charge in [-0.25, -0.2) is 13.2 Å². The van der Waals surface area contributed by atoms with E-state index < -0.39 is 16.1 Å². The Hall–Kier alpha value is -2.87. The Kier molecular flexibility index (Phi) is 5.93. The third-order valence-corrected chi connectivity index (χ3v) is 6.73. The molecule has 0 saturated carbocycles. The summed E-state index contributed by atoms with van der Waals surface area (Å²) in [6, 6.07) is 12.2. The molecule has 3 amide bonds. The third kappa shape index (κ3) is 3.98. The molecule has 0 bridgehead atoms. The van der Waals surface area contributed by atoms with Crippen molar-refractivity contribution in [2.45, 2.75) is 44.6 Å². The molecule has 8 heteroatoms. The summed E-state index contributed by atoms with van der Waals surface area (Å²) in [6.07, 6.45) is 1.55. The van der Waals surface area contributed by atoms with Gasteiger partial charge in [-0.05, 0) is 49.6 Å². The highest BCUT2D eigenvalue weighted by Crippen LogP contribution is 2.37. The summed E-state index contributed by atoms with van der Waals surface area (Å²) in [5.41, 5.74) is 1.48. The van der Waals surface area contributed by atoms with E-state index in [0.29, 0.717) is 0 Å². The number of fused-ring (bicyclic) bond motifs is 1. The van der Waals surface area contributed by atoms with Gasteiger partial charge >= 0.3 is 6.03 Å². The van der Waals surface area contributed by atoms with Crippen molar-refractivity contribution in [1.82, 2.24) is 5.32 Å². The van der Waals surface area contributed by atoms with Crippen LogP contribution < -0.4 is 14.5 Å². The van der Waals surface area contributed by atoms with E-state index in [4.69, 9.17) is 0 Å². The molecule has 1 heterocycles. The molecule has 29 heavy (non-hydrogen) atoms. The van der Waals surface area contributed by atoms with Gasteiger partial charge in [0, 0.05) is 6.04 Å². The normalized spacial score (nSPS) is 16.3. The number of carbonyl (C=O) groups excluding carboxylic acids is 2. The molecule has 1 aliphatic rings. The second-order valence-corrected chi connectivity index (χ2v) is 8.76. The first-order chi connectivity index (χ1) is 13.8. The van der Waals surface area contributed by atoms with Crippen LogP contribution in [0.15, 0.2) is 53.4 Å². The van der Waals surface area contributed by atoms with Gasteiger partial charge in [-0.1, -0.05) is 38.1 Å². The number of nitrogens with one attached hydrogen (secondary N) is 1. The minimum Gasteiger partial charge on any atom is -0.352 e. The van der Waals surface area contributed by atoms with E-state index in [1.54, 1.807) is 42.5 Å². The molecule has 0 fully saturated rings. The molecule has 0 aliphatic carbocycles. The predicted molar refractivity (Wildman–Crippen MR) is 113 cm³/mol. The van der Waals surface area contributed by atoms with E-state index in [9.17, 15) is 18.0 Å². The van der Waals surface area contributed by atoms with Crippen LogP contribution in [0.5, 0.6) is 0 Å². The average molecular weight is 416 g/mol. The van der Waals surface area contributed by atoms with Crippen molar-refractivity contribution < 1.29 is 18.0 Å². The van der Waals surface area contributed by atoms with Crippen molar-refractivity contribution >= 4 is 33.3 Å². The molecule has 1 N–H and O–H groups in total. The van der Waals surface area contributed by atoms with Gasteiger partial charge in [-0.2, -0.15) is 4.31 Å². The molecular weight excluding hydrogens is 390 g/mol. The molecule has 2 aromatic rings. The summed E-state index contributed by atoms with van der Waals surface area (Å²) in [6.45, 7) is 5.54. The lowest BCUT2D eigenvalue weighted by Crippen LogP contribution is -2.54. The van der Waals surface area contributed by atoms with E-state index in [1.807, 2.05) is 20.8 Å². The maximum atomic E-state index is 13.2. The Labute approximate surface area is 171 Å². The zero-order valence-electron chi connectivity index (χ0n) is 16.8. The summed E-state index contributed by atoms with van der Waals surface area (Å²) in [5.74, 6) is -0.344. The third-order valence-electron chi connectivity index (χ3n) is 4.98. The van der Waals surface area contributed by atoms with E-state index in [-0.39, 0.29) is 34.8 Å². The van der Waals surface area contributed by atoms with Crippen LogP contribution in [-0.4, -0.2) is 32.9 Å². The fraction of sp³-hybridized carbons (Fsp3) is 0.333. The molecule has 1 unspecified atom stereocenters. The number of sulfonamides is 1. The second-order valence-electron chi connectivity index (χ2n) is 7.00. The topological polar surface area (TPSA) is 86.8 Å². The summed E-state index contributed by atoms with van der Waals surface area (Å²) in [5, 5.41) is 2.82. The van der Waals surface area contributed by atoms with Crippen LogP contribution in [0.1, 0.15) is 32.8 Å². The quantitative estimate of drug-likeness (QED) is 0.784. The first kappa shape index (κ1) is 20.9.